The quantitative estimate of drug-likeness (QED) is 0.722. The zero-order chi connectivity index (χ0) is 11.5. The Bertz CT molecular complexity index is 222. The van der Waals surface area contributed by atoms with E-state index in [2.05, 4.69) is 10.2 Å². The zero-order valence-electron chi connectivity index (χ0n) is 10.3. The number of hydrogen-bond donors (Lipinski definition) is 1. The molecule has 4 heteroatoms. The topological polar surface area (TPSA) is 35.6 Å². The molecule has 88 valence electrons. The van der Waals surface area contributed by atoms with Gasteiger partial charge < -0.3 is 15.1 Å². The highest BCUT2D eigenvalue weighted by molar-refractivity contribution is 5.86. The van der Waals surface area contributed by atoms with E-state index in [0.29, 0.717) is 0 Å². The first kappa shape index (κ1) is 12.5. The van der Waals surface area contributed by atoms with Gasteiger partial charge in [0.2, 0.25) is 5.91 Å². The molecular weight excluding hydrogens is 190 g/mol. The lowest BCUT2D eigenvalue weighted by molar-refractivity contribution is -0.135. The maximum absolute atomic E-state index is 12.1. The van der Waals surface area contributed by atoms with Crippen molar-refractivity contribution in [3.63, 3.8) is 0 Å². The Labute approximate surface area is 92.6 Å². The first-order chi connectivity index (χ1) is 6.96. The predicted octanol–water partition coefficient (Wildman–Crippen LogP) is 0.149. The van der Waals surface area contributed by atoms with Crippen LogP contribution in [0, 0.1) is 0 Å². The molecule has 0 aliphatic carbocycles. The van der Waals surface area contributed by atoms with Crippen molar-refractivity contribution >= 4 is 5.91 Å². The largest absolute Gasteiger partial charge is 0.343 e. The van der Waals surface area contributed by atoms with Gasteiger partial charge in [-0.2, -0.15) is 0 Å². The van der Waals surface area contributed by atoms with E-state index in [1.807, 2.05) is 33.0 Å². The minimum Gasteiger partial charge on any atom is -0.343 e. The standard InChI is InChI=1S/C11H23N3O/c1-11(6-5-7-12-11)10(15)14(4)9-8-13(2)3/h12H,5-9H2,1-4H3. The maximum Gasteiger partial charge on any atom is 0.242 e. The summed E-state index contributed by atoms with van der Waals surface area (Å²) >= 11 is 0. The highest BCUT2D eigenvalue weighted by atomic mass is 16.2. The highest BCUT2D eigenvalue weighted by Crippen LogP contribution is 2.20. The fourth-order valence-corrected chi connectivity index (χ4v) is 1.95. The van der Waals surface area contributed by atoms with Gasteiger partial charge in [0, 0.05) is 20.1 Å². The monoisotopic (exact) mass is 213 g/mol. The number of nitrogens with one attached hydrogen (secondary N) is 1. The summed E-state index contributed by atoms with van der Waals surface area (Å²) in [5, 5.41) is 3.30. The molecule has 0 bridgehead atoms. The van der Waals surface area contributed by atoms with Crippen LogP contribution in [0.15, 0.2) is 0 Å². The van der Waals surface area contributed by atoms with Gasteiger partial charge in [0.05, 0.1) is 5.54 Å². The van der Waals surface area contributed by atoms with Crippen LogP contribution < -0.4 is 5.32 Å². The number of carbonyl (C=O) groups is 1. The van der Waals surface area contributed by atoms with Crippen LogP contribution in [0.4, 0.5) is 0 Å². The Morgan fingerprint density at radius 2 is 2.00 bits per heavy atom. The lowest BCUT2D eigenvalue weighted by atomic mass is 9.99. The van der Waals surface area contributed by atoms with Gasteiger partial charge in [-0.1, -0.05) is 0 Å². The summed E-state index contributed by atoms with van der Waals surface area (Å²) in [6.45, 7) is 4.68. The molecule has 0 radical (unpaired) electrons. The van der Waals surface area contributed by atoms with E-state index in [1.54, 1.807) is 0 Å². The summed E-state index contributed by atoms with van der Waals surface area (Å²) in [5.41, 5.74) is -0.318. The van der Waals surface area contributed by atoms with Crippen molar-refractivity contribution in [1.82, 2.24) is 15.1 Å². The molecular formula is C11H23N3O. The summed E-state index contributed by atoms with van der Waals surface area (Å²) in [4.78, 5) is 16.0. The SMILES string of the molecule is CN(C)CCN(C)C(=O)C1(C)CCCN1. The first-order valence-corrected chi connectivity index (χ1v) is 5.61. The third-order valence-electron chi connectivity index (χ3n) is 3.07. The van der Waals surface area contributed by atoms with Crippen molar-refractivity contribution in [2.45, 2.75) is 25.3 Å². The van der Waals surface area contributed by atoms with E-state index in [-0.39, 0.29) is 11.4 Å². The fourth-order valence-electron chi connectivity index (χ4n) is 1.95. The summed E-state index contributed by atoms with van der Waals surface area (Å²) in [5.74, 6) is 0.224. The summed E-state index contributed by atoms with van der Waals surface area (Å²) in [7, 11) is 5.93. The van der Waals surface area contributed by atoms with Crippen LogP contribution in [0.3, 0.4) is 0 Å². The Kier molecular flexibility index (Phi) is 4.11. The van der Waals surface area contributed by atoms with E-state index in [0.717, 1.165) is 32.5 Å². The molecule has 1 saturated heterocycles. The molecule has 0 aromatic rings. The van der Waals surface area contributed by atoms with Gasteiger partial charge >= 0.3 is 0 Å². The van der Waals surface area contributed by atoms with Crippen molar-refractivity contribution in [3.8, 4) is 0 Å². The van der Waals surface area contributed by atoms with Crippen LogP contribution in [0.1, 0.15) is 19.8 Å². The first-order valence-electron chi connectivity index (χ1n) is 5.61. The van der Waals surface area contributed by atoms with Crippen molar-refractivity contribution in [2.75, 3.05) is 40.8 Å². The second kappa shape index (κ2) is 4.94. The molecule has 1 N–H and O–H groups in total. The molecule has 1 amide bonds. The van der Waals surface area contributed by atoms with Gasteiger partial charge in [-0.25, -0.2) is 0 Å². The number of rotatable bonds is 4. The molecule has 4 nitrogen and oxygen atoms in total. The van der Waals surface area contributed by atoms with Gasteiger partial charge in [0.25, 0.3) is 0 Å². The van der Waals surface area contributed by atoms with Crippen LogP contribution in [-0.2, 0) is 4.79 Å². The molecule has 0 aromatic carbocycles. The minimum absolute atomic E-state index is 0.224. The average Bonchev–Trinajstić information content (AvgIpc) is 2.61. The van der Waals surface area contributed by atoms with Crippen LogP contribution in [0.25, 0.3) is 0 Å². The number of carbonyl (C=O) groups excluding carboxylic acids is 1. The van der Waals surface area contributed by atoms with Crippen LogP contribution >= 0.6 is 0 Å². The molecule has 1 aliphatic heterocycles. The van der Waals surface area contributed by atoms with Crippen molar-refractivity contribution in [3.05, 3.63) is 0 Å². The lowest BCUT2D eigenvalue weighted by Crippen LogP contribution is -2.52. The maximum atomic E-state index is 12.1. The third kappa shape index (κ3) is 3.18. The summed E-state index contributed by atoms with van der Waals surface area (Å²) in [6, 6.07) is 0. The zero-order valence-corrected chi connectivity index (χ0v) is 10.3. The number of amides is 1. The third-order valence-corrected chi connectivity index (χ3v) is 3.07. The molecule has 1 unspecified atom stereocenters. The number of nitrogens with zero attached hydrogens (tertiary/aromatic N) is 2. The van der Waals surface area contributed by atoms with Crippen molar-refractivity contribution < 1.29 is 4.79 Å². The molecule has 0 saturated carbocycles. The Balaban J connectivity index is 2.44. The van der Waals surface area contributed by atoms with E-state index >= 15 is 0 Å². The smallest absolute Gasteiger partial charge is 0.242 e. The Morgan fingerprint density at radius 1 is 1.33 bits per heavy atom. The molecule has 1 heterocycles. The predicted molar refractivity (Wildman–Crippen MR) is 61.8 cm³/mol. The van der Waals surface area contributed by atoms with Gasteiger partial charge in [-0.05, 0) is 40.4 Å². The van der Waals surface area contributed by atoms with Crippen LogP contribution in [0.5, 0.6) is 0 Å². The van der Waals surface area contributed by atoms with E-state index in [9.17, 15) is 4.79 Å². The normalized spacial score (nSPS) is 25.9. The molecule has 1 fully saturated rings. The molecule has 1 rings (SSSR count). The van der Waals surface area contributed by atoms with Crippen LogP contribution in [-0.4, -0.2) is 62.0 Å². The molecule has 15 heavy (non-hydrogen) atoms. The van der Waals surface area contributed by atoms with E-state index in [1.165, 1.54) is 0 Å². The second-order valence-electron chi connectivity index (χ2n) is 4.89. The van der Waals surface area contributed by atoms with Gasteiger partial charge in [0.15, 0.2) is 0 Å². The Morgan fingerprint density at radius 3 is 2.47 bits per heavy atom. The van der Waals surface area contributed by atoms with E-state index < -0.39 is 0 Å². The fraction of sp³-hybridized carbons (Fsp3) is 0.909. The summed E-state index contributed by atoms with van der Waals surface area (Å²) < 4.78 is 0. The lowest BCUT2D eigenvalue weighted by Gasteiger charge is -2.29. The molecule has 1 aliphatic rings. The number of hydrogen-bond acceptors (Lipinski definition) is 3. The van der Waals surface area contributed by atoms with Crippen molar-refractivity contribution in [1.29, 1.82) is 0 Å². The average molecular weight is 213 g/mol. The molecule has 0 spiro atoms. The highest BCUT2D eigenvalue weighted by Gasteiger charge is 2.37. The minimum atomic E-state index is -0.318. The molecule has 0 aromatic heterocycles. The summed E-state index contributed by atoms with van der Waals surface area (Å²) in [6.07, 6.45) is 2.06. The Hall–Kier alpha value is -0.610. The van der Waals surface area contributed by atoms with Crippen LogP contribution in [0.2, 0.25) is 0 Å². The molecule has 1 atom stereocenters. The van der Waals surface area contributed by atoms with E-state index in [4.69, 9.17) is 0 Å². The van der Waals surface area contributed by atoms with Gasteiger partial charge in [0.1, 0.15) is 0 Å². The van der Waals surface area contributed by atoms with Gasteiger partial charge in [-0.15, -0.1) is 0 Å². The second-order valence-corrected chi connectivity index (χ2v) is 4.89. The number of likely N-dealkylation sites (N-methyl/N-ethyl adjacent to an activating group) is 2. The van der Waals surface area contributed by atoms with Crippen molar-refractivity contribution in [2.24, 2.45) is 0 Å². The van der Waals surface area contributed by atoms with Gasteiger partial charge in [-0.3, -0.25) is 4.79 Å².